The number of allylic oxidation sites excluding steroid dienone is 1. The van der Waals surface area contributed by atoms with Gasteiger partial charge in [0.25, 0.3) is 5.91 Å². The molecular weight excluding hydrogens is 260 g/mol. The molecule has 0 saturated carbocycles. The van der Waals surface area contributed by atoms with Gasteiger partial charge in [0.15, 0.2) is 0 Å². The van der Waals surface area contributed by atoms with Crippen molar-refractivity contribution in [3.05, 3.63) is 24.3 Å². The molecule has 0 bridgehead atoms. The number of hydrogen-bond donors (Lipinski definition) is 4. The minimum absolute atomic E-state index is 0.0431. The van der Waals surface area contributed by atoms with Crippen LogP contribution >= 0.6 is 0 Å². The highest BCUT2D eigenvalue weighted by Crippen LogP contribution is 2.00. The van der Waals surface area contributed by atoms with Gasteiger partial charge in [-0.3, -0.25) is 9.59 Å². The fraction of sp³-hybridized carbons (Fsp3) is 0.538. The molecule has 20 heavy (non-hydrogen) atoms. The fourth-order valence-electron chi connectivity index (χ4n) is 1.09. The number of nitrogens with zero attached hydrogens (tertiary/aromatic N) is 1. The van der Waals surface area contributed by atoms with E-state index in [1.54, 1.807) is 14.1 Å². The first-order valence-corrected chi connectivity index (χ1v) is 6.35. The molecule has 0 aliphatic rings. The number of carbonyl (C=O) groups is 2. The van der Waals surface area contributed by atoms with E-state index in [-0.39, 0.29) is 18.5 Å². The lowest BCUT2D eigenvalue weighted by atomic mass is 10.2. The molecule has 0 saturated heterocycles. The van der Waals surface area contributed by atoms with Gasteiger partial charge in [0, 0.05) is 19.7 Å². The van der Waals surface area contributed by atoms with Gasteiger partial charge in [0.1, 0.15) is 6.73 Å². The molecule has 0 fully saturated rings. The first-order valence-electron chi connectivity index (χ1n) is 6.35. The molecular formula is C13H26N4O3. The Hall–Kier alpha value is -1.70. The fourth-order valence-corrected chi connectivity index (χ4v) is 1.09. The lowest BCUT2D eigenvalue weighted by Gasteiger charge is -2.19. The van der Waals surface area contributed by atoms with Crippen LogP contribution in [-0.2, 0) is 9.59 Å². The third-order valence-electron chi connectivity index (χ3n) is 2.17. The summed E-state index contributed by atoms with van der Waals surface area (Å²) in [5.41, 5.74) is 6.24. The third-order valence-corrected chi connectivity index (χ3v) is 2.17. The Kier molecular flexibility index (Phi) is 14.1. The molecule has 0 spiro atoms. The number of carbonyl (C=O) groups excluding carboxylic acids is 2. The van der Waals surface area contributed by atoms with Crippen LogP contribution in [0.15, 0.2) is 24.3 Å². The maximum absolute atomic E-state index is 11.5. The number of rotatable bonds is 7. The van der Waals surface area contributed by atoms with Gasteiger partial charge in [-0.05, 0) is 19.4 Å². The van der Waals surface area contributed by atoms with Gasteiger partial charge in [-0.25, -0.2) is 16.0 Å². The summed E-state index contributed by atoms with van der Waals surface area (Å²) in [5, 5.41) is 11.4. The van der Waals surface area contributed by atoms with Crippen molar-refractivity contribution in [2.75, 3.05) is 20.8 Å². The third kappa shape index (κ3) is 10.2. The van der Waals surface area contributed by atoms with Crippen molar-refractivity contribution in [3.8, 4) is 0 Å². The van der Waals surface area contributed by atoms with Crippen LogP contribution in [-0.4, -0.2) is 42.9 Å². The molecule has 0 atom stereocenters. The average Bonchev–Trinajstić information content (AvgIpc) is 2.46. The zero-order valence-electron chi connectivity index (χ0n) is 12.7. The summed E-state index contributed by atoms with van der Waals surface area (Å²) in [6.07, 6.45) is 5.04. The molecule has 0 aliphatic heterocycles. The second-order valence-electron chi connectivity index (χ2n) is 3.67. The quantitative estimate of drug-likeness (QED) is 0.302. The second-order valence-corrected chi connectivity index (χ2v) is 3.67. The molecule has 4 N–H and O–H groups in total. The molecule has 0 aromatic heterocycles. The van der Waals surface area contributed by atoms with E-state index in [0.717, 1.165) is 24.5 Å². The van der Waals surface area contributed by atoms with E-state index in [9.17, 15) is 9.59 Å². The highest BCUT2D eigenvalue weighted by Gasteiger charge is 2.10. The highest BCUT2D eigenvalue weighted by atomic mass is 16.3. The van der Waals surface area contributed by atoms with E-state index < -0.39 is 0 Å². The van der Waals surface area contributed by atoms with Gasteiger partial charge < -0.3 is 10.4 Å². The zero-order chi connectivity index (χ0) is 16.0. The highest BCUT2D eigenvalue weighted by molar-refractivity contribution is 5.92. The predicted octanol–water partition coefficient (Wildman–Crippen LogP) is 0.0686. The van der Waals surface area contributed by atoms with E-state index in [4.69, 9.17) is 5.11 Å². The van der Waals surface area contributed by atoms with Crippen LogP contribution in [0.4, 0.5) is 0 Å². The first-order chi connectivity index (χ1) is 9.48. The first kappa shape index (κ1) is 20.6. The summed E-state index contributed by atoms with van der Waals surface area (Å²) >= 11 is 0. The minimum atomic E-state index is -0.359. The van der Waals surface area contributed by atoms with E-state index in [0.29, 0.717) is 0 Å². The molecule has 0 rings (SSSR count). The summed E-state index contributed by atoms with van der Waals surface area (Å²) in [4.78, 5) is 21.6. The van der Waals surface area contributed by atoms with Crippen LogP contribution in [0.3, 0.4) is 0 Å². The molecule has 2 amide bonds. The number of unbranched alkanes of at least 4 members (excludes halogenated alkanes) is 1. The van der Waals surface area contributed by atoms with Crippen molar-refractivity contribution in [1.29, 1.82) is 0 Å². The number of nitrogens with one attached hydrogen (secondary N) is 3. The minimum Gasteiger partial charge on any atom is -0.376 e. The zero-order valence-corrected chi connectivity index (χ0v) is 12.7. The van der Waals surface area contributed by atoms with Crippen LogP contribution < -0.4 is 16.2 Å². The number of amides is 2. The van der Waals surface area contributed by atoms with Crippen LogP contribution in [0.25, 0.3) is 0 Å². The van der Waals surface area contributed by atoms with Crippen molar-refractivity contribution >= 4 is 11.8 Å². The summed E-state index contributed by atoms with van der Waals surface area (Å²) in [6.45, 7) is 6.73. The maximum atomic E-state index is 11.5. The van der Waals surface area contributed by atoms with Crippen molar-refractivity contribution in [2.24, 2.45) is 0 Å². The lowest BCUT2D eigenvalue weighted by molar-refractivity contribution is -0.133. The van der Waals surface area contributed by atoms with E-state index >= 15 is 0 Å². The van der Waals surface area contributed by atoms with Gasteiger partial charge in [-0.2, -0.15) is 0 Å². The number of hydrogen-bond acceptors (Lipinski definition) is 5. The molecule has 0 heterocycles. The molecule has 0 aliphatic carbocycles. The standard InChI is InChI=1S/C9H19N3O.C4H7NO2/c1-5-6-7-8(2)9(13)12(10-3)11-4;1-2-4(7)5-3-6/h7,10-11H,5-6H2,1-4H3;2,6H,1,3H2,(H,5,7). The Morgan fingerprint density at radius 2 is 1.85 bits per heavy atom. The number of hydrazine groups is 2. The number of aliphatic hydroxyl groups excluding tert-OH is 1. The van der Waals surface area contributed by atoms with Crippen molar-refractivity contribution in [1.82, 2.24) is 21.3 Å². The predicted molar refractivity (Wildman–Crippen MR) is 79.1 cm³/mol. The smallest absolute Gasteiger partial charge is 0.278 e. The van der Waals surface area contributed by atoms with Gasteiger partial charge in [0.05, 0.1) is 0 Å². The Balaban J connectivity index is 0. The maximum Gasteiger partial charge on any atom is 0.278 e. The molecule has 0 aromatic carbocycles. The van der Waals surface area contributed by atoms with Gasteiger partial charge in [0.2, 0.25) is 5.91 Å². The van der Waals surface area contributed by atoms with Crippen LogP contribution in [0.5, 0.6) is 0 Å². The Labute approximate surface area is 120 Å². The van der Waals surface area contributed by atoms with Gasteiger partial charge in [-0.15, -0.1) is 0 Å². The summed E-state index contributed by atoms with van der Waals surface area (Å²) in [7, 11) is 3.39. The lowest BCUT2D eigenvalue weighted by Crippen LogP contribution is -2.48. The molecule has 0 aromatic rings. The van der Waals surface area contributed by atoms with Crippen LogP contribution in [0.2, 0.25) is 0 Å². The number of aliphatic hydroxyl groups is 1. The summed E-state index contributed by atoms with van der Waals surface area (Å²) in [5.74, 6) is -0.402. The normalized spacial score (nSPS) is 10.2. The largest absolute Gasteiger partial charge is 0.376 e. The molecule has 7 heteroatoms. The van der Waals surface area contributed by atoms with E-state index in [1.165, 1.54) is 5.12 Å². The van der Waals surface area contributed by atoms with Crippen LogP contribution in [0.1, 0.15) is 26.7 Å². The average molecular weight is 286 g/mol. The topological polar surface area (TPSA) is 93.7 Å². The van der Waals surface area contributed by atoms with E-state index in [1.807, 2.05) is 13.0 Å². The molecule has 0 unspecified atom stereocenters. The molecule has 0 radical (unpaired) electrons. The Bertz CT molecular complexity index is 326. The SMILES string of the molecule is C=CC(=O)NCO.CCCC=C(C)C(=O)N(NC)NC. The van der Waals surface area contributed by atoms with Gasteiger partial charge in [-0.1, -0.05) is 26.0 Å². The van der Waals surface area contributed by atoms with Gasteiger partial charge >= 0.3 is 0 Å². The molecule has 7 nitrogen and oxygen atoms in total. The van der Waals surface area contributed by atoms with Crippen LogP contribution in [0, 0.1) is 0 Å². The van der Waals surface area contributed by atoms with Crippen molar-refractivity contribution < 1.29 is 14.7 Å². The Morgan fingerprint density at radius 3 is 2.15 bits per heavy atom. The Morgan fingerprint density at radius 1 is 1.30 bits per heavy atom. The monoisotopic (exact) mass is 286 g/mol. The molecule has 116 valence electrons. The second kappa shape index (κ2) is 13.7. The van der Waals surface area contributed by atoms with E-state index in [2.05, 4.69) is 29.7 Å². The summed E-state index contributed by atoms with van der Waals surface area (Å²) < 4.78 is 0. The summed E-state index contributed by atoms with van der Waals surface area (Å²) in [6, 6.07) is 0. The van der Waals surface area contributed by atoms with Crippen molar-refractivity contribution in [3.63, 3.8) is 0 Å². The van der Waals surface area contributed by atoms with Crippen molar-refractivity contribution in [2.45, 2.75) is 26.7 Å².